The summed E-state index contributed by atoms with van der Waals surface area (Å²) in [4.78, 5) is 53.3. The Kier molecular flexibility index (Phi) is 26.2. The summed E-state index contributed by atoms with van der Waals surface area (Å²) in [5.41, 5.74) is 2.93. The topological polar surface area (TPSA) is 254 Å². The number of methoxy groups -OCH3 is 1. The van der Waals surface area contributed by atoms with Crippen molar-refractivity contribution in [1.82, 2.24) is 40.0 Å². The number of imidazole rings is 1. The van der Waals surface area contributed by atoms with Crippen LogP contribution in [-0.2, 0) is 63.5 Å². The first-order chi connectivity index (χ1) is 35.3. The predicted octanol–water partition coefficient (Wildman–Crippen LogP) is 5.20. The van der Waals surface area contributed by atoms with Crippen LogP contribution in [-0.4, -0.2) is 137 Å². The number of amides is 3. The average Bonchev–Trinajstić information content (AvgIpc) is 3.99. The van der Waals surface area contributed by atoms with Crippen LogP contribution < -0.4 is 30.7 Å². The van der Waals surface area contributed by atoms with Gasteiger partial charge < -0.3 is 54.3 Å². The smallest absolute Gasteiger partial charge is 0.407 e. The van der Waals surface area contributed by atoms with Gasteiger partial charge in [0.25, 0.3) is 5.91 Å². The van der Waals surface area contributed by atoms with E-state index in [1.165, 1.54) is 0 Å². The van der Waals surface area contributed by atoms with Crippen molar-refractivity contribution in [2.75, 3.05) is 84.9 Å². The van der Waals surface area contributed by atoms with Gasteiger partial charge in [-0.3, -0.25) is 19.1 Å². The molecule has 3 amide bonds. The van der Waals surface area contributed by atoms with E-state index in [0.29, 0.717) is 101 Å². The molecular formula is C51H73N9O12S. The quantitative estimate of drug-likeness (QED) is 0.0274. The van der Waals surface area contributed by atoms with Crippen molar-refractivity contribution < 1.29 is 56.0 Å². The van der Waals surface area contributed by atoms with Crippen molar-refractivity contribution in [3.63, 3.8) is 0 Å². The van der Waals surface area contributed by atoms with Gasteiger partial charge in [-0.15, -0.1) is 0 Å². The van der Waals surface area contributed by atoms with Crippen LogP contribution in [0.1, 0.15) is 73.0 Å². The normalized spacial score (nSPS) is 11.5. The van der Waals surface area contributed by atoms with E-state index in [0.717, 1.165) is 49.0 Å². The van der Waals surface area contributed by atoms with Gasteiger partial charge in [-0.25, -0.2) is 18.2 Å². The Morgan fingerprint density at radius 3 is 2.18 bits per heavy atom. The van der Waals surface area contributed by atoms with Gasteiger partial charge in [0, 0.05) is 82.7 Å². The van der Waals surface area contributed by atoms with Crippen molar-refractivity contribution in [2.45, 2.75) is 83.9 Å². The lowest BCUT2D eigenvalue weighted by atomic mass is 10.1. The molecule has 1 atom stereocenters. The average molecular weight is 1040 g/mol. The summed E-state index contributed by atoms with van der Waals surface area (Å²) in [7, 11) is -1.21. The van der Waals surface area contributed by atoms with E-state index in [1.54, 1.807) is 56.6 Å². The third-order valence-corrected chi connectivity index (χ3v) is 12.5. The number of alkyl carbamates (subject to hydrolysis) is 1. The molecule has 0 bridgehead atoms. The Balaban J connectivity index is 0.000000770. The fourth-order valence-electron chi connectivity index (χ4n) is 7.17. The molecule has 0 aliphatic heterocycles. The van der Waals surface area contributed by atoms with Gasteiger partial charge in [-0.2, -0.15) is 9.82 Å². The molecule has 0 saturated carbocycles. The number of aromatic nitrogens is 4. The second-order valence-corrected chi connectivity index (χ2v) is 18.3. The molecule has 0 radical (unpaired) electrons. The molecule has 73 heavy (non-hydrogen) atoms. The van der Waals surface area contributed by atoms with Crippen LogP contribution in [0, 0.1) is 13.8 Å². The van der Waals surface area contributed by atoms with Gasteiger partial charge in [-0.05, 0) is 93.5 Å². The molecular weight excluding hydrogens is 963 g/mol. The van der Waals surface area contributed by atoms with E-state index in [9.17, 15) is 27.6 Å². The SMILES string of the molecule is CCCOCCOCCOCCCNC(=O)CCCOc1cc(C)c(S(=O)(=O)N[C@@H](CNC(=O)c2ccc3c(cnn3CCCNc3nccn3C)c2)C(=O)OC)c(C)c1.CCNC(=O)OCc1ccccc1. The van der Waals surface area contributed by atoms with Crippen LogP contribution >= 0.6 is 0 Å². The molecule has 0 spiro atoms. The highest BCUT2D eigenvalue weighted by Crippen LogP contribution is 2.26. The maximum atomic E-state index is 13.7. The highest BCUT2D eigenvalue weighted by Gasteiger charge is 2.30. The lowest BCUT2D eigenvalue weighted by molar-refractivity contribution is -0.142. The standard InChI is InChI=1S/C41H60N8O10S.C10H13NO2/c1-6-18-56-21-23-58-24-22-57-19-9-14-42-37(50)10-7-20-59-34-25-30(2)38(31(3)26-34)60(53,54)47-35(40(52)55-5)29-45-39(51)32-11-12-36-33(27-32)28-46-49(36)16-8-13-43-41-44-15-17-48(41)4;1-2-11-10(12)13-8-9-6-4-3-5-7-9/h11-12,15,17,25-28,35,47H,6-10,13-14,16,18-24,29H2,1-5H3,(H,42,50)(H,43,44)(H,45,51);3-7H,2,8H2,1H3,(H,11,12)/t35-;/m0./s1. The number of ether oxygens (including phenoxy) is 6. The summed E-state index contributed by atoms with van der Waals surface area (Å²) in [6.45, 7) is 13.1. The first kappa shape index (κ1) is 59.0. The third kappa shape index (κ3) is 21.2. The first-order valence-electron chi connectivity index (χ1n) is 24.5. The molecule has 3 aromatic carbocycles. The number of esters is 1. The molecule has 0 aliphatic carbocycles. The number of hydrogen-bond donors (Lipinski definition) is 5. The second-order valence-electron chi connectivity index (χ2n) is 16.7. The van der Waals surface area contributed by atoms with E-state index in [1.807, 2.05) is 59.7 Å². The van der Waals surface area contributed by atoms with Crippen LogP contribution in [0.25, 0.3) is 10.9 Å². The fourth-order valence-corrected chi connectivity index (χ4v) is 8.80. The lowest BCUT2D eigenvalue weighted by Crippen LogP contribution is -2.49. The summed E-state index contributed by atoms with van der Waals surface area (Å²) in [6.07, 6.45) is 8.08. The van der Waals surface area contributed by atoms with Gasteiger partial charge in [0.05, 0.1) is 56.8 Å². The third-order valence-electron chi connectivity index (χ3n) is 10.7. The second kappa shape index (κ2) is 32.5. The Morgan fingerprint density at radius 2 is 1.51 bits per heavy atom. The van der Waals surface area contributed by atoms with Crippen molar-refractivity contribution in [1.29, 1.82) is 0 Å². The minimum Gasteiger partial charge on any atom is -0.494 e. The van der Waals surface area contributed by atoms with Crippen molar-refractivity contribution in [3.8, 4) is 5.75 Å². The molecule has 0 unspecified atom stereocenters. The molecule has 22 heteroatoms. The Morgan fingerprint density at radius 1 is 0.795 bits per heavy atom. The molecule has 0 fully saturated rings. The maximum Gasteiger partial charge on any atom is 0.407 e. The molecule has 5 N–H and O–H groups in total. The number of sulfonamides is 1. The summed E-state index contributed by atoms with van der Waals surface area (Å²) in [5.74, 6) is -0.250. The van der Waals surface area contributed by atoms with Crippen LogP contribution in [0.15, 0.2) is 84.1 Å². The van der Waals surface area contributed by atoms with E-state index in [-0.39, 0.29) is 36.5 Å². The molecule has 0 saturated heterocycles. The largest absolute Gasteiger partial charge is 0.494 e. The number of aryl methyl sites for hydroxylation is 4. The number of carbonyl (C=O) groups is 4. The summed E-state index contributed by atoms with van der Waals surface area (Å²) >= 11 is 0. The molecule has 2 aromatic heterocycles. The Hall–Kier alpha value is -6.59. The van der Waals surface area contributed by atoms with Gasteiger partial charge in [0.15, 0.2) is 0 Å². The summed E-state index contributed by atoms with van der Waals surface area (Å²) < 4.78 is 65.4. The zero-order valence-electron chi connectivity index (χ0n) is 42.9. The van der Waals surface area contributed by atoms with E-state index in [2.05, 4.69) is 43.0 Å². The lowest BCUT2D eigenvalue weighted by Gasteiger charge is -2.20. The molecule has 5 aromatic rings. The van der Waals surface area contributed by atoms with Crippen LogP contribution in [0.3, 0.4) is 0 Å². The van der Waals surface area contributed by atoms with E-state index >= 15 is 0 Å². The minimum absolute atomic E-state index is 0.0298. The van der Waals surface area contributed by atoms with Gasteiger partial charge in [0.1, 0.15) is 18.4 Å². The fraction of sp³-hybridized carbons (Fsp3) is 0.490. The van der Waals surface area contributed by atoms with Crippen LogP contribution in [0.2, 0.25) is 0 Å². The molecule has 2 heterocycles. The summed E-state index contributed by atoms with van der Waals surface area (Å²) in [5, 5.41) is 16.6. The first-order valence-corrected chi connectivity index (χ1v) is 26.0. The maximum absolute atomic E-state index is 13.7. The van der Waals surface area contributed by atoms with Crippen LogP contribution in [0.4, 0.5) is 10.7 Å². The van der Waals surface area contributed by atoms with Gasteiger partial charge in [0.2, 0.25) is 21.9 Å². The number of fused-ring (bicyclic) bond motifs is 1. The number of nitrogens with zero attached hydrogens (tertiary/aromatic N) is 4. The number of nitrogens with one attached hydrogen (secondary N) is 5. The number of carbonyl (C=O) groups excluding carboxylic acids is 4. The number of rotatable bonds is 32. The molecule has 0 aliphatic rings. The Labute approximate surface area is 428 Å². The highest BCUT2D eigenvalue weighted by molar-refractivity contribution is 7.89. The van der Waals surface area contributed by atoms with Crippen molar-refractivity contribution in [2.24, 2.45) is 7.05 Å². The predicted molar refractivity (Wildman–Crippen MR) is 276 cm³/mol. The minimum atomic E-state index is -4.27. The molecule has 400 valence electrons. The monoisotopic (exact) mass is 1040 g/mol. The molecule has 21 nitrogen and oxygen atoms in total. The van der Waals surface area contributed by atoms with E-state index in [4.69, 9.17) is 28.4 Å². The summed E-state index contributed by atoms with van der Waals surface area (Å²) in [6, 6.07) is 16.5. The van der Waals surface area contributed by atoms with E-state index < -0.39 is 27.9 Å². The van der Waals surface area contributed by atoms with Crippen molar-refractivity contribution >= 4 is 50.8 Å². The van der Waals surface area contributed by atoms with Crippen LogP contribution in [0.5, 0.6) is 5.75 Å². The van der Waals surface area contributed by atoms with Crippen molar-refractivity contribution in [3.05, 3.63) is 102 Å². The number of anilines is 1. The van der Waals surface area contributed by atoms with Gasteiger partial charge >= 0.3 is 12.1 Å². The number of benzene rings is 3. The van der Waals surface area contributed by atoms with Gasteiger partial charge in [-0.1, -0.05) is 37.3 Å². The number of hydrogen-bond acceptors (Lipinski definition) is 15. The highest BCUT2D eigenvalue weighted by atomic mass is 32.2. The zero-order chi connectivity index (χ0) is 52.9. The molecule has 5 rings (SSSR count). The zero-order valence-corrected chi connectivity index (χ0v) is 43.7. The Bertz CT molecular complexity index is 2550.